The number of nitro groups is 1. The van der Waals surface area contributed by atoms with Crippen molar-refractivity contribution >= 4 is 22.6 Å². The fourth-order valence-electron chi connectivity index (χ4n) is 2.15. The number of H-pyrrole nitrogens is 1. The van der Waals surface area contributed by atoms with Gasteiger partial charge in [-0.2, -0.15) is 0 Å². The number of hydrogen-bond acceptors (Lipinski definition) is 6. The predicted molar refractivity (Wildman–Crippen MR) is 86.0 cm³/mol. The van der Waals surface area contributed by atoms with Gasteiger partial charge < -0.3 is 9.72 Å². The largest absolute Gasteiger partial charge is 0.484 e. The third-order valence-corrected chi connectivity index (χ3v) is 3.33. The maximum atomic E-state index is 11.0. The molecule has 0 aliphatic rings. The molecule has 0 fully saturated rings. The van der Waals surface area contributed by atoms with Gasteiger partial charge in [0.15, 0.2) is 6.61 Å². The van der Waals surface area contributed by atoms with Gasteiger partial charge in [-0.05, 0) is 30.3 Å². The zero-order chi connectivity index (χ0) is 17.1. The number of amides is 1. The van der Waals surface area contributed by atoms with Crippen molar-refractivity contribution in [3.63, 3.8) is 0 Å². The number of imidazole rings is 1. The number of non-ortho nitro benzene ring substituents is 1. The first-order chi connectivity index (χ1) is 11.6. The fourth-order valence-corrected chi connectivity index (χ4v) is 2.15. The van der Waals surface area contributed by atoms with Crippen molar-refractivity contribution in [1.29, 1.82) is 0 Å². The molecule has 1 aromatic heterocycles. The molecule has 24 heavy (non-hydrogen) atoms. The summed E-state index contributed by atoms with van der Waals surface area (Å²) in [6.07, 6.45) is 0. The Morgan fingerprint density at radius 1 is 1.29 bits per heavy atom. The van der Waals surface area contributed by atoms with Gasteiger partial charge in [0.25, 0.3) is 11.6 Å². The smallest absolute Gasteiger partial charge is 0.271 e. The Morgan fingerprint density at radius 3 is 2.71 bits per heavy atom. The monoisotopic (exact) mass is 327 g/mol. The van der Waals surface area contributed by atoms with Crippen LogP contribution in [0, 0.1) is 10.1 Å². The summed E-state index contributed by atoms with van der Waals surface area (Å²) in [7, 11) is 0. The number of carbonyl (C=O) groups is 1. The number of nitrogens with two attached hydrogens (primary N) is 1. The summed E-state index contributed by atoms with van der Waals surface area (Å²) in [6.45, 7) is -0.176. The molecule has 4 N–H and O–H groups in total. The van der Waals surface area contributed by atoms with Crippen LogP contribution in [0.1, 0.15) is 0 Å². The molecule has 0 saturated heterocycles. The van der Waals surface area contributed by atoms with E-state index in [0.717, 1.165) is 5.56 Å². The summed E-state index contributed by atoms with van der Waals surface area (Å²) >= 11 is 0. The molecule has 2 aromatic carbocycles. The van der Waals surface area contributed by atoms with Gasteiger partial charge in [-0.15, -0.1) is 0 Å². The van der Waals surface area contributed by atoms with Gasteiger partial charge in [0.2, 0.25) is 0 Å². The van der Waals surface area contributed by atoms with E-state index >= 15 is 0 Å². The summed E-state index contributed by atoms with van der Waals surface area (Å²) in [5.74, 6) is 5.62. The van der Waals surface area contributed by atoms with Crippen LogP contribution in [-0.2, 0) is 4.79 Å². The average molecular weight is 327 g/mol. The molecular weight excluding hydrogens is 314 g/mol. The van der Waals surface area contributed by atoms with E-state index in [4.69, 9.17) is 10.6 Å². The number of nitrogens with one attached hydrogen (secondary N) is 2. The maximum absolute atomic E-state index is 11.0. The van der Waals surface area contributed by atoms with Crippen LogP contribution < -0.4 is 16.0 Å². The molecule has 9 heteroatoms. The third-order valence-electron chi connectivity index (χ3n) is 3.33. The van der Waals surface area contributed by atoms with E-state index in [1.54, 1.807) is 30.3 Å². The minimum absolute atomic E-state index is 0.000344. The van der Waals surface area contributed by atoms with Gasteiger partial charge in [-0.3, -0.25) is 20.3 Å². The van der Waals surface area contributed by atoms with Crippen molar-refractivity contribution in [3.05, 3.63) is 52.6 Å². The van der Waals surface area contributed by atoms with Crippen molar-refractivity contribution in [1.82, 2.24) is 15.4 Å². The quantitative estimate of drug-likeness (QED) is 0.281. The summed E-state index contributed by atoms with van der Waals surface area (Å²) in [6, 6.07) is 11.4. The zero-order valence-corrected chi connectivity index (χ0v) is 12.4. The van der Waals surface area contributed by atoms with E-state index < -0.39 is 10.8 Å². The first-order valence-electron chi connectivity index (χ1n) is 6.93. The second kappa shape index (κ2) is 6.34. The standard InChI is InChI=1S/C15H13N5O4/c16-19-14(21)8-24-11-4-1-9(2-5-11)15-17-12-6-3-10(20(22)23)7-13(12)18-15/h1-7H,8,16H2,(H,17,18)(H,19,21). The number of benzene rings is 2. The lowest BCUT2D eigenvalue weighted by Gasteiger charge is -2.05. The highest BCUT2D eigenvalue weighted by Gasteiger charge is 2.11. The molecule has 3 rings (SSSR count). The molecule has 0 aliphatic heterocycles. The van der Waals surface area contributed by atoms with Crippen molar-refractivity contribution in [2.24, 2.45) is 5.84 Å². The van der Waals surface area contributed by atoms with Crippen LogP contribution in [0.3, 0.4) is 0 Å². The number of nitro benzene ring substituents is 1. The number of aromatic nitrogens is 2. The second-order valence-electron chi connectivity index (χ2n) is 4.92. The number of rotatable bonds is 5. The molecule has 9 nitrogen and oxygen atoms in total. The third kappa shape index (κ3) is 3.15. The SMILES string of the molecule is NNC(=O)COc1ccc(-c2nc3ccc([N+](=O)[O-])cc3[nH]2)cc1. The Labute approximate surface area is 135 Å². The normalized spacial score (nSPS) is 10.5. The summed E-state index contributed by atoms with van der Waals surface area (Å²) in [4.78, 5) is 28.8. The van der Waals surface area contributed by atoms with E-state index in [2.05, 4.69) is 9.97 Å². The average Bonchev–Trinajstić information content (AvgIpc) is 3.03. The molecule has 0 atom stereocenters. The molecule has 1 heterocycles. The Balaban J connectivity index is 1.82. The lowest BCUT2D eigenvalue weighted by Crippen LogP contribution is -2.34. The minimum Gasteiger partial charge on any atom is -0.484 e. The minimum atomic E-state index is -0.455. The maximum Gasteiger partial charge on any atom is 0.271 e. The van der Waals surface area contributed by atoms with Gasteiger partial charge in [-0.25, -0.2) is 10.8 Å². The Bertz CT molecular complexity index is 904. The van der Waals surface area contributed by atoms with Gasteiger partial charge in [0.1, 0.15) is 11.6 Å². The van der Waals surface area contributed by atoms with Crippen LogP contribution in [0.2, 0.25) is 0 Å². The van der Waals surface area contributed by atoms with Crippen LogP contribution in [0.25, 0.3) is 22.4 Å². The van der Waals surface area contributed by atoms with Gasteiger partial charge >= 0.3 is 0 Å². The van der Waals surface area contributed by atoms with E-state index in [1.165, 1.54) is 12.1 Å². The summed E-state index contributed by atoms with van der Waals surface area (Å²) < 4.78 is 5.25. The topological polar surface area (TPSA) is 136 Å². The van der Waals surface area contributed by atoms with E-state index in [-0.39, 0.29) is 12.3 Å². The van der Waals surface area contributed by atoms with Crippen molar-refractivity contribution in [2.75, 3.05) is 6.61 Å². The fraction of sp³-hybridized carbons (Fsp3) is 0.0667. The van der Waals surface area contributed by atoms with E-state index in [1.807, 2.05) is 5.43 Å². The molecule has 0 bridgehead atoms. The number of fused-ring (bicyclic) bond motifs is 1. The van der Waals surface area contributed by atoms with E-state index in [0.29, 0.717) is 22.6 Å². The molecule has 0 unspecified atom stereocenters. The van der Waals surface area contributed by atoms with Crippen LogP contribution in [-0.4, -0.2) is 27.4 Å². The molecule has 0 spiro atoms. The lowest BCUT2D eigenvalue weighted by molar-refractivity contribution is -0.384. The summed E-state index contributed by atoms with van der Waals surface area (Å²) in [5.41, 5.74) is 3.97. The van der Waals surface area contributed by atoms with Crippen LogP contribution in [0.15, 0.2) is 42.5 Å². The number of carbonyl (C=O) groups excluding carboxylic acids is 1. The number of aromatic amines is 1. The molecule has 122 valence electrons. The van der Waals surface area contributed by atoms with Crippen LogP contribution in [0.5, 0.6) is 5.75 Å². The zero-order valence-electron chi connectivity index (χ0n) is 12.4. The van der Waals surface area contributed by atoms with Crippen LogP contribution in [0.4, 0.5) is 5.69 Å². The highest BCUT2D eigenvalue weighted by atomic mass is 16.6. The molecule has 0 aliphatic carbocycles. The predicted octanol–water partition coefficient (Wildman–Crippen LogP) is 1.51. The van der Waals surface area contributed by atoms with Crippen molar-refractivity contribution < 1.29 is 14.5 Å². The Hall–Kier alpha value is -3.46. The van der Waals surface area contributed by atoms with Gasteiger partial charge in [-0.1, -0.05) is 0 Å². The number of hydrazine groups is 1. The summed E-state index contributed by atoms with van der Waals surface area (Å²) in [5, 5.41) is 10.8. The number of ether oxygens (including phenoxy) is 1. The second-order valence-corrected chi connectivity index (χ2v) is 4.92. The Morgan fingerprint density at radius 2 is 2.04 bits per heavy atom. The number of nitrogens with zero attached hydrogens (tertiary/aromatic N) is 2. The first kappa shape index (κ1) is 15.4. The molecule has 3 aromatic rings. The number of hydrogen-bond donors (Lipinski definition) is 3. The van der Waals surface area contributed by atoms with Crippen molar-refractivity contribution in [3.8, 4) is 17.1 Å². The highest BCUT2D eigenvalue weighted by Crippen LogP contribution is 2.25. The van der Waals surface area contributed by atoms with E-state index in [9.17, 15) is 14.9 Å². The molecule has 0 radical (unpaired) electrons. The van der Waals surface area contributed by atoms with Crippen LogP contribution >= 0.6 is 0 Å². The molecule has 1 amide bonds. The van der Waals surface area contributed by atoms with Gasteiger partial charge in [0.05, 0.1) is 16.0 Å². The Kier molecular flexibility index (Phi) is 4.08. The van der Waals surface area contributed by atoms with Crippen molar-refractivity contribution in [2.45, 2.75) is 0 Å². The highest BCUT2D eigenvalue weighted by molar-refractivity contribution is 5.81. The lowest BCUT2D eigenvalue weighted by atomic mass is 10.2. The molecule has 0 saturated carbocycles. The first-order valence-corrected chi connectivity index (χ1v) is 6.93. The van der Waals surface area contributed by atoms with Gasteiger partial charge in [0, 0.05) is 17.7 Å². The molecular formula is C15H13N5O4.